The van der Waals surface area contributed by atoms with Gasteiger partial charge in [0.05, 0.1) is 6.04 Å². The maximum atomic E-state index is 13.1. The van der Waals surface area contributed by atoms with Gasteiger partial charge in [-0.25, -0.2) is 0 Å². The summed E-state index contributed by atoms with van der Waals surface area (Å²) in [5.41, 5.74) is 3.66. The Bertz CT molecular complexity index is 799. The van der Waals surface area contributed by atoms with E-state index in [1.165, 1.54) is 11.1 Å². The zero-order valence-electron chi connectivity index (χ0n) is 15.8. The van der Waals surface area contributed by atoms with Crippen LogP contribution in [0.15, 0.2) is 48.5 Å². The fourth-order valence-corrected chi connectivity index (χ4v) is 4.23. The smallest absolute Gasteiger partial charge is 0.244 e. The molecular weight excluding hydrogens is 358 g/mol. The van der Waals surface area contributed by atoms with Crippen LogP contribution in [0.4, 0.5) is 5.69 Å². The predicted octanol–water partition coefficient (Wildman–Crippen LogP) is 3.44. The van der Waals surface area contributed by atoms with E-state index in [1.54, 1.807) is 0 Å². The summed E-state index contributed by atoms with van der Waals surface area (Å²) in [6.45, 7) is 7.61. The molecule has 0 saturated carbocycles. The number of carbonyl (C=O) groups excluding carboxylic acids is 1. The molecule has 5 heteroatoms. The Morgan fingerprint density at radius 2 is 1.70 bits per heavy atom. The number of benzene rings is 2. The average Bonchev–Trinajstić information content (AvgIpc) is 3.13. The molecule has 4 nitrogen and oxygen atoms in total. The molecule has 2 aliphatic rings. The third kappa shape index (κ3) is 4.03. The molecule has 1 atom stereocenters. The van der Waals surface area contributed by atoms with Crippen molar-refractivity contribution in [1.29, 1.82) is 0 Å². The van der Waals surface area contributed by atoms with Gasteiger partial charge in [0.25, 0.3) is 0 Å². The fourth-order valence-electron chi connectivity index (χ4n) is 4.11. The lowest BCUT2D eigenvalue weighted by Crippen LogP contribution is -2.54. The number of nitrogens with zero attached hydrogens (tertiary/aromatic N) is 3. The first-order valence-corrected chi connectivity index (χ1v) is 10.1. The zero-order chi connectivity index (χ0) is 18.8. The number of carbonyl (C=O) groups is 1. The summed E-state index contributed by atoms with van der Waals surface area (Å²) < 4.78 is 0. The van der Waals surface area contributed by atoms with Crippen LogP contribution in [0.3, 0.4) is 0 Å². The minimum absolute atomic E-state index is 0.0751. The SMILES string of the molecule is C[C@H](C(=O)N1CCc2ccccc21)N1CCN(Cc2ccc(Cl)cc2)CC1. The number of piperazine rings is 1. The number of para-hydroxylation sites is 1. The topological polar surface area (TPSA) is 26.8 Å². The van der Waals surface area contributed by atoms with Crippen LogP contribution in [0.25, 0.3) is 0 Å². The van der Waals surface area contributed by atoms with Gasteiger partial charge in [0, 0.05) is 50.0 Å². The molecule has 1 fully saturated rings. The van der Waals surface area contributed by atoms with Gasteiger partial charge in [-0.05, 0) is 42.7 Å². The summed E-state index contributed by atoms with van der Waals surface area (Å²) in [4.78, 5) is 19.8. The first-order chi connectivity index (χ1) is 13.1. The van der Waals surface area contributed by atoms with Crippen LogP contribution in [0, 0.1) is 0 Å². The molecule has 0 N–H and O–H groups in total. The van der Waals surface area contributed by atoms with E-state index in [0.717, 1.165) is 56.4 Å². The molecule has 0 spiro atoms. The minimum Gasteiger partial charge on any atom is -0.310 e. The normalized spacial score (nSPS) is 19.1. The molecule has 2 aromatic carbocycles. The molecule has 0 radical (unpaired) electrons. The highest BCUT2D eigenvalue weighted by molar-refractivity contribution is 6.30. The van der Waals surface area contributed by atoms with E-state index in [-0.39, 0.29) is 11.9 Å². The van der Waals surface area contributed by atoms with Crippen LogP contribution in [-0.4, -0.2) is 54.5 Å². The monoisotopic (exact) mass is 383 g/mol. The maximum absolute atomic E-state index is 13.1. The quantitative estimate of drug-likeness (QED) is 0.809. The van der Waals surface area contributed by atoms with Crippen molar-refractivity contribution in [3.63, 3.8) is 0 Å². The summed E-state index contributed by atoms with van der Waals surface area (Å²) >= 11 is 5.97. The molecule has 4 rings (SSSR count). The van der Waals surface area contributed by atoms with Gasteiger partial charge >= 0.3 is 0 Å². The Labute approximate surface area is 166 Å². The number of rotatable bonds is 4. The lowest BCUT2D eigenvalue weighted by atomic mass is 10.1. The zero-order valence-corrected chi connectivity index (χ0v) is 16.5. The van der Waals surface area contributed by atoms with Crippen LogP contribution in [-0.2, 0) is 17.8 Å². The summed E-state index contributed by atoms with van der Waals surface area (Å²) in [5.74, 6) is 0.228. The highest BCUT2D eigenvalue weighted by Crippen LogP contribution is 2.28. The Hall–Kier alpha value is -1.88. The summed E-state index contributed by atoms with van der Waals surface area (Å²) in [7, 11) is 0. The number of fused-ring (bicyclic) bond motifs is 1. The van der Waals surface area contributed by atoms with Crippen molar-refractivity contribution in [2.24, 2.45) is 0 Å². The first-order valence-electron chi connectivity index (χ1n) is 9.72. The molecule has 2 aliphatic heterocycles. The highest BCUT2D eigenvalue weighted by Gasteiger charge is 2.32. The minimum atomic E-state index is -0.0751. The molecular formula is C22H26ClN3O. The summed E-state index contributed by atoms with van der Waals surface area (Å²) in [6, 6.07) is 16.3. The van der Waals surface area contributed by atoms with E-state index in [2.05, 4.69) is 47.1 Å². The Morgan fingerprint density at radius 3 is 2.44 bits per heavy atom. The number of anilines is 1. The molecule has 0 unspecified atom stereocenters. The number of amides is 1. The van der Waals surface area contributed by atoms with Crippen LogP contribution < -0.4 is 4.90 Å². The van der Waals surface area contributed by atoms with E-state index in [0.29, 0.717) is 0 Å². The number of hydrogen-bond donors (Lipinski definition) is 0. The largest absolute Gasteiger partial charge is 0.310 e. The van der Waals surface area contributed by atoms with E-state index in [1.807, 2.05) is 23.1 Å². The van der Waals surface area contributed by atoms with Gasteiger partial charge in [-0.1, -0.05) is 41.9 Å². The average molecular weight is 384 g/mol. The van der Waals surface area contributed by atoms with Crippen LogP contribution in [0.2, 0.25) is 5.02 Å². The van der Waals surface area contributed by atoms with Crippen molar-refractivity contribution in [2.75, 3.05) is 37.6 Å². The van der Waals surface area contributed by atoms with Gasteiger partial charge in [-0.3, -0.25) is 14.6 Å². The molecule has 0 aliphatic carbocycles. The van der Waals surface area contributed by atoms with Gasteiger partial charge in [-0.2, -0.15) is 0 Å². The summed E-state index contributed by atoms with van der Waals surface area (Å²) in [5, 5.41) is 0.777. The third-order valence-electron chi connectivity index (χ3n) is 5.78. The maximum Gasteiger partial charge on any atom is 0.244 e. The van der Waals surface area contributed by atoms with Crippen LogP contribution in [0.5, 0.6) is 0 Å². The molecule has 0 aromatic heterocycles. The van der Waals surface area contributed by atoms with Gasteiger partial charge < -0.3 is 4.90 Å². The van der Waals surface area contributed by atoms with Crippen molar-refractivity contribution >= 4 is 23.2 Å². The van der Waals surface area contributed by atoms with Gasteiger partial charge in [0.2, 0.25) is 5.91 Å². The molecule has 27 heavy (non-hydrogen) atoms. The molecule has 142 valence electrons. The standard InChI is InChI=1S/C22H26ClN3O/c1-17(22(27)26-11-10-19-4-2-3-5-21(19)26)25-14-12-24(13-15-25)16-18-6-8-20(23)9-7-18/h2-9,17H,10-16H2,1H3/t17-/m1/s1. The second-order valence-corrected chi connectivity index (χ2v) is 7.92. The molecule has 1 amide bonds. The molecule has 0 bridgehead atoms. The second kappa shape index (κ2) is 8.01. The first kappa shape index (κ1) is 18.5. The third-order valence-corrected chi connectivity index (χ3v) is 6.04. The predicted molar refractivity (Wildman–Crippen MR) is 110 cm³/mol. The fraction of sp³-hybridized carbons (Fsp3) is 0.409. The van der Waals surface area contributed by atoms with Crippen LogP contribution in [0.1, 0.15) is 18.1 Å². The second-order valence-electron chi connectivity index (χ2n) is 7.48. The van der Waals surface area contributed by atoms with E-state index in [9.17, 15) is 4.79 Å². The van der Waals surface area contributed by atoms with E-state index >= 15 is 0 Å². The molecule has 2 heterocycles. The van der Waals surface area contributed by atoms with Gasteiger partial charge in [-0.15, -0.1) is 0 Å². The molecule has 1 saturated heterocycles. The Balaban J connectivity index is 1.33. The van der Waals surface area contributed by atoms with E-state index < -0.39 is 0 Å². The Kier molecular flexibility index (Phi) is 5.48. The molecule has 2 aromatic rings. The summed E-state index contributed by atoms with van der Waals surface area (Å²) in [6.07, 6.45) is 0.962. The van der Waals surface area contributed by atoms with Gasteiger partial charge in [0.15, 0.2) is 0 Å². The van der Waals surface area contributed by atoms with Gasteiger partial charge in [0.1, 0.15) is 0 Å². The van der Waals surface area contributed by atoms with Crippen LogP contribution >= 0.6 is 11.6 Å². The van der Waals surface area contributed by atoms with Crippen molar-refractivity contribution in [3.8, 4) is 0 Å². The number of halogens is 1. The highest BCUT2D eigenvalue weighted by atomic mass is 35.5. The lowest BCUT2D eigenvalue weighted by Gasteiger charge is -2.38. The van der Waals surface area contributed by atoms with E-state index in [4.69, 9.17) is 11.6 Å². The number of hydrogen-bond acceptors (Lipinski definition) is 3. The Morgan fingerprint density at radius 1 is 1.00 bits per heavy atom. The van der Waals surface area contributed by atoms with Crippen molar-refractivity contribution < 1.29 is 4.79 Å². The lowest BCUT2D eigenvalue weighted by molar-refractivity contribution is -0.123. The van der Waals surface area contributed by atoms with Crippen molar-refractivity contribution in [1.82, 2.24) is 9.80 Å². The van der Waals surface area contributed by atoms with Crippen molar-refractivity contribution in [3.05, 3.63) is 64.7 Å². The van der Waals surface area contributed by atoms with Crippen molar-refractivity contribution in [2.45, 2.75) is 25.9 Å².